The number of hydrogen-bond acceptors (Lipinski definition) is 5. The summed E-state index contributed by atoms with van der Waals surface area (Å²) < 4.78 is 15.4. The number of aliphatic imine (C=N–C) groups is 1. The molecule has 1 aromatic rings. The van der Waals surface area contributed by atoms with Crippen LogP contribution in [0.3, 0.4) is 0 Å². The summed E-state index contributed by atoms with van der Waals surface area (Å²) in [6.45, 7) is 5.68. The number of nitrogens with zero attached hydrogens (tertiary/aromatic N) is 1. The Kier molecular flexibility index (Phi) is 12.5. The highest BCUT2D eigenvalue weighted by Gasteiger charge is 2.04. The van der Waals surface area contributed by atoms with Gasteiger partial charge in [-0.2, -0.15) is 0 Å². The zero-order valence-corrected chi connectivity index (χ0v) is 16.5. The van der Waals surface area contributed by atoms with Crippen molar-refractivity contribution in [3.05, 3.63) is 29.8 Å². The van der Waals surface area contributed by atoms with Crippen molar-refractivity contribution in [1.29, 1.82) is 0 Å². The number of carbonyl (C=O) groups excluding carboxylic acids is 1. The minimum atomic E-state index is -0.111. The molecule has 152 valence electrons. The van der Waals surface area contributed by atoms with E-state index in [2.05, 4.69) is 20.9 Å². The van der Waals surface area contributed by atoms with Gasteiger partial charge >= 0.3 is 0 Å². The second-order valence-electron chi connectivity index (χ2n) is 5.69. The van der Waals surface area contributed by atoms with Gasteiger partial charge in [0.25, 0.3) is 0 Å². The van der Waals surface area contributed by atoms with E-state index in [1.54, 1.807) is 14.2 Å². The van der Waals surface area contributed by atoms with Gasteiger partial charge in [0.1, 0.15) is 5.75 Å². The number of nitrogens with one attached hydrogen (secondary N) is 3. The summed E-state index contributed by atoms with van der Waals surface area (Å²) >= 11 is 0. The molecular weight excluding hydrogens is 348 g/mol. The fourth-order valence-corrected chi connectivity index (χ4v) is 2.12. The molecule has 0 radical (unpaired) electrons. The summed E-state index contributed by atoms with van der Waals surface area (Å²) in [5, 5.41) is 9.04. The third-order valence-electron chi connectivity index (χ3n) is 3.59. The Morgan fingerprint density at radius 3 is 2.48 bits per heavy atom. The number of ether oxygens (including phenoxy) is 3. The Bertz CT molecular complexity index is 549. The van der Waals surface area contributed by atoms with Gasteiger partial charge in [0.15, 0.2) is 5.96 Å². The van der Waals surface area contributed by atoms with Crippen LogP contribution in [0.5, 0.6) is 5.75 Å². The van der Waals surface area contributed by atoms with Crippen LogP contribution in [0.15, 0.2) is 29.3 Å². The van der Waals surface area contributed by atoms with Crippen LogP contribution in [-0.2, 0) is 20.8 Å². The van der Waals surface area contributed by atoms with Crippen LogP contribution in [0, 0.1) is 0 Å². The van der Waals surface area contributed by atoms with Crippen molar-refractivity contribution in [2.45, 2.75) is 19.9 Å². The van der Waals surface area contributed by atoms with Gasteiger partial charge in [-0.3, -0.25) is 4.79 Å². The summed E-state index contributed by atoms with van der Waals surface area (Å²) in [6, 6.07) is 7.73. The average molecular weight is 380 g/mol. The average Bonchev–Trinajstić information content (AvgIpc) is 2.69. The molecule has 0 unspecified atom stereocenters. The third-order valence-corrected chi connectivity index (χ3v) is 3.59. The molecular formula is C19H32N4O4. The Balaban J connectivity index is 2.52. The number of carbonyl (C=O) groups is 1. The van der Waals surface area contributed by atoms with Crippen molar-refractivity contribution in [2.24, 2.45) is 4.99 Å². The van der Waals surface area contributed by atoms with Crippen LogP contribution in [0.2, 0.25) is 0 Å². The maximum atomic E-state index is 11.8. The Morgan fingerprint density at radius 1 is 1.04 bits per heavy atom. The van der Waals surface area contributed by atoms with E-state index in [1.165, 1.54) is 0 Å². The van der Waals surface area contributed by atoms with E-state index in [4.69, 9.17) is 14.2 Å². The van der Waals surface area contributed by atoms with Gasteiger partial charge < -0.3 is 30.2 Å². The van der Waals surface area contributed by atoms with E-state index in [9.17, 15) is 4.79 Å². The smallest absolute Gasteiger partial charge is 0.239 e. The number of amides is 1. The fourth-order valence-electron chi connectivity index (χ4n) is 2.12. The lowest BCUT2D eigenvalue weighted by Crippen LogP contribution is -2.44. The second-order valence-corrected chi connectivity index (χ2v) is 5.69. The molecule has 0 aliphatic carbocycles. The van der Waals surface area contributed by atoms with Crippen molar-refractivity contribution >= 4 is 11.9 Å². The SMILES string of the molecule is CCOCCCNC(=NCc1ccc(OC)cc1)NCC(=O)NCCOC. The zero-order valence-electron chi connectivity index (χ0n) is 16.5. The summed E-state index contributed by atoms with van der Waals surface area (Å²) in [4.78, 5) is 16.4. The molecule has 0 saturated heterocycles. The van der Waals surface area contributed by atoms with Gasteiger partial charge in [-0.25, -0.2) is 4.99 Å². The van der Waals surface area contributed by atoms with Crippen molar-refractivity contribution < 1.29 is 19.0 Å². The van der Waals surface area contributed by atoms with Gasteiger partial charge in [0.2, 0.25) is 5.91 Å². The molecule has 8 heteroatoms. The number of guanidine groups is 1. The third kappa shape index (κ3) is 11.1. The first-order valence-corrected chi connectivity index (χ1v) is 9.18. The Labute approximate surface area is 161 Å². The van der Waals surface area contributed by atoms with E-state index in [0.717, 1.165) is 17.7 Å². The molecule has 8 nitrogen and oxygen atoms in total. The largest absolute Gasteiger partial charge is 0.497 e. The molecule has 1 rings (SSSR count). The first-order valence-electron chi connectivity index (χ1n) is 9.18. The highest BCUT2D eigenvalue weighted by molar-refractivity contribution is 5.86. The van der Waals surface area contributed by atoms with Crippen molar-refractivity contribution in [2.75, 3.05) is 53.7 Å². The molecule has 0 aliphatic heterocycles. The second kappa shape index (κ2) is 14.8. The predicted molar refractivity (Wildman–Crippen MR) is 106 cm³/mol. The van der Waals surface area contributed by atoms with E-state index in [1.807, 2.05) is 31.2 Å². The predicted octanol–water partition coefficient (Wildman–Crippen LogP) is 0.920. The van der Waals surface area contributed by atoms with E-state index in [0.29, 0.717) is 45.4 Å². The van der Waals surface area contributed by atoms with Gasteiger partial charge in [-0.15, -0.1) is 0 Å². The summed E-state index contributed by atoms with van der Waals surface area (Å²) in [6.07, 6.45) is 0.858. The first-order chi connectivity index (χ1) is 13.2. The zero-order chi connectivity index (χ0) is 19.7. The van der Waals surface area contributed by atoms with Crippen LogP contribution in [0.4, 0.5) is 0 Å². The molecule has 0 bridgehead atoms. The molecule has 0 aromatic heterocycles. The Hall–Kier alpha value is -2.32. The summed E-state index contributed by atoms with van der Waals surface area (Å²) in [5.41, 5.74) is 1.05. The number of hydrogen-bond donors (Lipinski definition) is 3. The van der Waals surface area contributed by atoms with Gasteiger partial charge in [0, 0.05) is 33.4 Å². The van der Waals surface area contributed by atoms with E-state index >= 15 is 0 Å². The van der Waals surface area contributed by atoms with Crippen LogP contribution in [0.25, 0.3) is 0 Å². The molecule has 1 aromatic carbocycles. The maximum absolute atomic E-state index is 11.8. The van der Waals surface area contributed by atoms with Gasteiger partial charge in [0.05, 0.1) is 26.8 Å². The van der Waals surface area contributed by atoms with Gasteiger partial charge in [-0.1, -0.05) is 12.1 Å². The van der Waals surface area contributed by atoms with E-state index < -0.39 is 0 Å². The molecule has 3 N–H and O–H groups in total. The lowest BCUT2D eigenvalue weighted by molar-refractivity contribution is -0.120. The quantitative estimate of drug-likeness (QED) is 0.268. The number of rotatable bonds is 13. The lowest BCUT2D eigenvalue weighted by atomic mass is 10.2. The van der Waals surface area contributed by atoms with Crippen LogP contribution in [0.1, 0.15) is 18.9 Å². The summed E-state index contributed by atoms with van der Waals surface area (Å²) in [7, 11) is 3.24. The molecule has 0 fully saturated rings. The number of methoxy groups -OCH3 is 2. The van der Waals surface area contributed by atoms with Crippen molar-refractivity contribution in [1.82, 2.24) is 16.0 Å². The molecule has 0 aliphatic rings. The monoisotopic (exact) mass is 380 g/mol. The minimum absolute atomic E-state index is 0.111. The highest BCUT2D eigenvalue weighted by Crippen LogP contribution is 2.11. The fraction of sp³-hybridized carbons (Fsp3) is 0.579. The minimum Gasteiger partial charge on any atom is -0.497 e. The molecule has 0 spiro atoms. The first kappa shape index (κ1) is 22.7. The molecule has 1 amide bonds. The van der Waals surface area contributed by atoms with Crippen LogP contribution in [-0.4, -0.2) is 65.5 Å². The maximum Gasteiger partial charge on any atom is 0.239 e. The molecule has 27 heavy (non-hydrogen) atoms. The highest BCUT2D eigenvalue weighted by atomic mass is 16.5. The van der Waals surface area contributed by atoms with Crippen LogP contribution < -0.4 is 20.7 Å². The number of benzene rings is 1. The molecule has 0 atom stereocenters. The van der Waals surface area contributed by atoms with E-state index in [-0.39, 0.29) is 12.5 Å². The normalized spacial score (nSPS) is 11.1. The van der Waals surface area contributed by atoms with Crippen molar-refractivity contribution in [3.8, 4) is 5.75 Å². The lowest BCUT2D eigenvalue weighted by Gasteiger charge is -2.13. The topological polar surface area (TPSA) is 93.2 Å². The standard InChI is InChI=1S/C19H32N4O4/c1-4-27-12-5-10-21-19(23-15-18(24)20-11-13-25-2)22-14-16-6-8-17(26-3)9-7-16/h6-9H,4-5,10-15H2,1-3H3,(H,20,24)(H2,21,22,23). The summed E-state index contributed by atoms with van der Waals surface area (Å²) in [5.74, 6) is 1.28. The Morgan fingerprint density at radius 2 is 1.81 bits per heavy atom. The molecule has 0 heterocycles. The van der Waals surface area contributed by atoms with Crippen LogP contribution >= 0.6 is 0 Å². The van der Waals surface area contributed by atoms with Crippen molar-refractivity contribution in [3.63, 3.8) is 0 Å². The molecule has 0 saturated carbocycles. The van der Waals surface area contributed by atoms with Gasteiger partial charge in [-0.05, 0) is 31.0 Å².